The van der Waals surface area contributed by atoms with Gasteiger partial charge in [-0.15, -0.1) is 0 Å². The molecule has 6 unspecified atom stereocenters. The van der Waals surface area contributed by atoms with Gasteiger partial charge in [0.1, 0.15) is 5.75 Å². The van der Waals surface area contributed by atoms with Crippen LogP contribution in [0.3, 0.4) is 0 Å². The number of ether oxygens (including phenoxy) is 1. The molecular weight excluding hydrogens is 520 g/mol. The van der Waals surface area contributed by atoms with Gasteiger partial charge in [0.2, 0.25) is 0 Å². The van der Waals surface area contributed by atoms with Crippen LogP contribution >= 0.6 is 0 Å². The molecule has 0 aromatic heterocycles. The monoisotopic (exact) mass is 564 g/mol. The number of benzene rings is 4. The molecule has 0 saturated heterocycles. The number of para-hydroxylation sites is 1. The lowest BCUT2D eigenvalue weighted by atomic mass is 9.88. The summed E-state index contributed by atoms with van der Waals surface area (Å²) in [6.07, 6.45) is 19.1. The Morgan fingerprint density at radius 3 is 1.65 bits per heavy atom. The predicted molar refractivity (Wildman–Crippen MR) is 180 cm³/mol. The fraction of sp³-hybridized carbons (Fsp3) is 0.333. The van der Waals surface area contributed by atoms with Crippen molar-refractivity contribution in [1.29, 1.82) is 0 Å². The van der Waals surface area contributed by atoms with Crippen LogP contribution in [0.25, 0.3) is 22.3 Å². The molecule has 218 valence electrons. The first kappa shape index (κ1) is 28.0. The molecule has 6 atom stereocenters. The van der Waals surface area contributed by atoms with Crippen LogP contribution in [-0.4, -0.2) is 6.61 Å². The summed E-state index contributed by atoms with van der Waals surface area (Å²) in [6.45, 7) is 0.825. The molecule has 4 bridgehead atoms. The first-order chi connectivity index (χ1) is 21.3. The Hall–Kier alpha value is -3.84. The Bertz CT molecular complexity index is 1520. The van der Waals surface area contributed by atoms with Crippen LogP contribution in [0.15, 0.2) is 133 Å². The number of hydrogen-bond acceptors (Lipinski definition) is 1. The molecule has 0 N–H and O–H groups in total. The summed E-state index contributed by atoms with van der Waals surface area (Å²) in [7, 11) is 0. The third-order valence-electron chi connectivity index (χ3n) is 10.4. The predicted octanol–water partition coefficient (Wildman–Crippen LogP) is 10.8. The van der Waals surface area contributed by atoms with E-state index in [1.807, 2.05) is 0 Å². The molecule has 1 nitrogen and oxygen atoms in total. The van der Waals surface area contributed by atoms with Crippen LogP contribution in [0.4, 0.5) is 0 Å². The molecule has 4 aromatic carbocycles. The summed E-state index contributed by atoms with van der Waals surface area (Å²) >= 11 is 0. The van der Waals surface area contributed by atoms with Crippen LogP contribution in [0.2, 0.25) is 0 Å². The largest absolute Gasteiger partial charge is 0.493 e. The maximum absolute atomic E-state index is 6.14. The Labute approximate surface area is 258 Å². The van der Waals surface area contributed by atoms with Crippen LogP contribution in [0, 0.1) is 35.5 Å². The number of fused-ring (bicyclic) bond motifs is 4. The molecule has 43 heavy (non-hydrogen) atoms. The van der Waals surface area contributed by atoms with Gasteiger partial charge in [-0.2, -0.15) is 0 Å². The second kappa shape index (κ2) is 13.2. The summed E-state index contributed by atoms with van der Waals surface area (Å²) in [5, 5.41) is 0. The smallest absolute Gasteiger partial charge is 0.127 e. The lowest BCUT2D eigenvalue weighted by Crippen LogP contribution is -2.11. The molecule has 2 saturated carbocycles. The van der Waals surface area contributed by atoms with Crippen molar-refractivity contribution in [2.75, 3.05) is 6.61 Å². The van der Waals surface area contributed by atoms with Crippen molar-refractivity contribution in [2.24, 2.45) is 35.5 Å². The van der Waals surface area contributed by atoms with E-state index in [1.54, 1.807) is 0 Å². The molecule has 0 aliphatic heterocycles. The SMILES string of the molecule is C1=CC2CC1CC2CCOc1ccccc1-c1ccccc1.C1=CC2CC1CC2CCc1ccc(-c2ccccc2)cc1. The van der Waals surface area contributed by atoms with Gasteiger partial charge in [-0.1, -0.05) is 127 Å². The first-order valence-corrected chi connectivity index (χ1v) is 16.6. The van der Waals surface area contributed by atoms with E-state index in [9.17, 15) is 0 Å². The van der Waals surface area contributed by atoms with Crippen LogP contribution in [0.5, 0.6) is 5.75 Å². The quantitative estimate of drug-likeness (QED) is 0.184. The molecule has 4 aliphatic carbocycles. The van der Waals surface area contributed by atoms with Crippen molar-refractivity contribution >= 4 is 0 Å². The maximum atomic E-state index is 6.14. The molecule has 0 spiro atoms. The van der Waals surface area contributed by atoms with Gasteiger partial charge >= 0.3 is 0 Å². The Balaban J connectivity index is 0.000000140. The minimum atomic E-state index is 0.818. The molecule has 8 rings (SSSR count). The second-order valence-corrected chi connectivity index (χ2v) is 13.2. The highest BCUT2D eigenvalue weighted by atomic mass is 16.5. The normalized spacial score (nSPS) is 26.0. The zero-order valence-electron chi connectivity index (χ0n) is 25.2. The molecular formula is C42H44O. The molecule has 2 fully saturated rings. The van der Waals surface area contributed by atoms with Crippen molar-refractivity contribution in [2.45, 2.75) is 44.9 Å². The molecule has 4 aliphatic rings. The lowest BCUT2D eigenvalue weighted by molar-refractivity contribution is 0.264. The first-order valence-electron chi connectivity index (χ1n) is 16.6. The standard InChI is InChI=1S/C21H22O.C21H22/c1-2-6-17(7-3-1)20-8-4-5-9-21(20)22-13-12-19-15-16-10-11-18(19)14-16;1-2-4-18(5-3-1)19-10-6-16(7-11-19)8-12-20-14-17-9-13-21(20)15-17/h1-11,16,18-19H,12-15H2;1-7,9-11,13,17,20-21H,8,12,14-15H2. The third kappa shape index (κ3) is 6.72. The summed E-state index contributed by atoms with van der Waals surface area (Å²) in [5.74, 6) is 6.24. The Kier molecular flexibility index (Phi) is 8.59. The molecule has 4 aromatic rings. The molecule has 0 amide bonds. The number of aryl methyl sites for hydroxylation is 1. The number of hydrogen-bond donors (Lipinski definition) is 0. The van der Waals surface area contributed by atoms with Gasteiger partial charge in [0.15, 0.2) is 0 Å². The van der Waals surface area contributed by atoms with E-state index >= 15 is 0 Å². The molecule has 1 heteroatoms. The van der Waals surface area contributed by atoms with Crippen LogP contribution in [0.1, 0.15) is 44.1 Å². The van der Waals surface area contributed by atoms with Gasteiger partial charge in [-0.05, 0) is 109 Å². The average molecular weight is 565 g/mol. The van der Waals surface area contributed by atoms with Crippen LogP contribution in [-0.2, 0) is 6.42 Å². The Morgan fingerprint density at radius 2 is 1.05 bits per heavy atom. The van der Waals surface area contributed by atoms with Crippen molar-refractivity contribution in [1.82, 2.24) is 0 Å². The van der Waals surface area contributed by atoms with E-state index in [0.29, 0.717) is 0 Å². The highest BCUT2D eigenvalue weighted by Crippen LogP contribution is 2.46. The highest BCUT2D eigenvalue weighted by Gasteiger charge is 2.35. The number of allylic oxidation sites excluding steroid dienone is 4. The Morgan fingerprint density at radius 1 is 0.488 bits per heavy atom. The highest BCUT2D eigenvalue weighted by molar-refractivity contribution is 5.70. The van der Waals surface area contributed by atoms with E-state index in [0.717, 1.165) is 47.9 Å². The van der Waals surface area contributed by atoms with E-state index in [4.69, 9.17) is 4.74 Å². The van der Waals surface area contributed by atoms with E-state index in [1.165, 1.54) is 72.8 Å². The van der Waals surface area contributed by atoms with Crippen molar-refractivity contribution < 1.29 is 4.74 Å². The van der Waals surface area contributed by atoms with Crippen molar-refractivity contribution in [3.63, 3.8) is 0 Å². The van der Waals surface area contributed by atoms with Gasteiger partial charge in [-0.25, -0.2) is 0 Å². The number of rotatable bonds is 9. The van der Waals surface area contributed by atoms with Crippen LogP contribution < -0.4 is 4.74 Å². The zero-order valence-corrected chi connectivity index (χ0v) is 25.2. The summed E-state index contributed by atoms with van der Waals surface area (Å²) in [6, 6.07) is 38.6. The minimum Gasteiger partial charge on any atom is -0.493 e. The summed E-state index contributed by atoms with van der Waals surface area (Å²) < 4.78 is 6.14. The van der Waals surface area contributed by atoms with E-state index < -0.39 is 0 Å². The minimum absolute atomic E-state index is 0.818. The third-order valence-corrected chi connectivity index (χ3v) is 10.4. The van der Waals surface area contributed by atoms with Gasteiger partial charge in [0.05, 0.1) is 6.61 Å². The fourth-order valence-corrected chi connectivity index (χ4v) is 8.07. The van der Waals surface area contributed by atoms with E-state index in [2.05, 4.69) is 133 Å². The fourth-order valence-electron chi connectivity index (χ4n) is 8.07. The van der Waals surface area contributed by atoms with Gasteiger partial charge < -0.3 is 4.74 Å². The van der Waals surface area contributed by atoms with Gasteiger partial charge in [0.25, 0.3) is 0 Å². The second-order valence-electron chi connectivity index (χ2n) is 13.2. The molecule has 0 radical (unpaired) electrons. The van der Waals surface area contributed by atoms with E-state index in [-0.39, 0.29) is 0 Å². The topological polar surface area (TPSA) is 9.23 Å². The van der Waals surface area contributed by atoms with Gasteiger partial charge in [0, 0.05) is 5.56 Å². The lowest BCUT2D eigenvalue weighted by Gasteiger charge is -2.19. The maximum Gasteiger partial charge on any atom is 0.127 e. The van der Waals surface area contributed by atoms with Gasteiger partial charge in [-0.3, -0.25) is 0 Å². The van der Waals surface area contributed by atoms with Crippen molar-refractivity contribution in [3.8, 4) is 28.0 Å². The average Bonchev–Trinajstić information content (AvgIpc) is 3.89. The summed E-state index contributed by atoms with van der Waals surface area (Å²) in [4.78, 5) is 0. The summed E-state index contributed by atoms with van der Waals surface area (Å²) in [5.41, 5.74) is 6.53. The van der Waals surface area contributed by atoms with Crippen molar-refractivity contribution in [3.05, 3.63) is 139 Å². The molecule has 0 heterocycles. The zero-order chi connectivity index (χ0) is 28.8.